The molecule has 106 valence electrons. The fourth-order valence-electron chi connectivity index (χ4n) is 2.59. The van der Waals surface area contributed by atoms with Crippen LogP contribution in [0.4, 0.5) is 0 Å². The summed E-state index contributed by atoms with van der Waals surface area (Å²) in [6.45, 7) is 6.13. The van der Waals surface area contributed by atoms with E-state index in [0.717, 1.165) is 35.8 Å². The van der Waals surface area contributed by atoms with Crippen molar-refractivity contribution in [3.8, 4) is 0 Å². The molecule has 3 rings (SSSR count). The zero-order valence-electron chi connectivity index (χ0n) is 11.5. The van der Waals surface area contributed by atoms with Gasteiger partial charge in [-0.25, -0.2) is 9.97 Å². The van der Waals surface area contributed by atoms with Gasteiger partial charge in [0.2, 0.25) is 0 Å². The first-order chi connectivity index (χ1) is 9.74. The minimum Gasteiger partial charge on any atom is -0.349 e. The van der Waals surface area contributed by atoms with Gasteiger partial charge in [0.1, 0.15) is 12.0 Å². The number of rotatable bonds is 4. The number of nitrogens with zero attached hydrogens (tertiary/aromatic N) is 3. The van der Waals surface area contributed by atoms with Crippen LogP contribution in [0.15, 0.2) is 17.8 Å². The number of likely N-dealkylation sites (tertiary alicyclic amines) is 1. The molecule has 1 unspecified atom stereocenters. The Kier molecular flexibility index (Phi) is 3.93. The zero-order valence-corrected chi connectivity index (χ0v) is 12.3. The first kappa shape index (κ1) is 13.5. The van der Waals surface area contributed by atoms with Crippen LogP contribution >= 0.6 is 11.3 Å². The van der Waals surface area contributed by atoms with Gasteiger partial charge in [-0.1, -0.05) is 6.92 Å². The van der Waals surface area contributed by atoms with Gasteiger partial charge in [-0.15, -0.1) is 11.3 Å². The van der Waals surface area contributed by atoms with Crippen LogP contribution in [0.25, 0.3) is 10.2 Å². The Bertz CT molecular complexity index is 612. The van der Waals surface area contributed by atoms with E-state index in [9.17, 15) is 4.79 Å². The number of amides is 1. The molecule has 0 aliphatic carbocycles. The van der Waals surface area contributed by atoms with Crippen molar-refractivity contribution in [2.75, 3.05) is 26.2 Å². The van der Waals surface area contributed by atoms with Crippen LogP contribution in [0, 0.1) is 5.92 Å². The first-order valence-electron chi connectivity index (χ1n) is 6.93. The molecular formula is C14H18N4OS. The van der Waals surface area contributed by atoms with Gasteiger partial charge in [0.25, 0.3) is 5.91 Å². The molecule has 1 fully saturated rings. The van der Waals surface area contributed by atoms with Crippen LogP contribution in [-0.4, -0.2) is 47.0 Å². The van der Waals surface area contributed by atoms with E-state index in [-0.39, 0.29) is 5.91 Å². The maximum Gasteiger partial charge on any atom is 0.271 e. The SMILES string of the molecule is CC1CCN(CCNC(=O)c2ncnc3ccsc23)C1. The van der Waals surface area contributed by atoms with E-state index in [0.29, 0.717) is 12.2 Å². The van der Waals surface area contributed by atoms with Gasteiger partial charge in [-0.3, -0.25) is 4.79 Å². The van der Waals surface area contributed by atoms with Crippen LogP contribution in [0.3, 0.4) is 0 Å². The molecule has 3 heterocycles. The molecule has 0 spiro atoms. The first-order valence-corrected chi connectivity index (χ1v) is 7.81. The Labute approximate surface area is 122 Å². The van der Waals surface area contributed by atoms with E-state index in [1.807, 2.05) is 11.4 Å². The van der Waals surface area contributed by atoms with Crippen LogP contribution in [0.1, 0.15) is 23.8 Å². The van der Waals surface area contributed by atoms with Gasteiger partial charge in [-0.2, -0.15) is 0 Å². The second-order valence-corrected chi connectivity index (χ2v) is 6.22. The molecule has 1 amide bonds. The number of nitrogens with one attached hydrogen (secondary N) is 1. The third kappa shape index (κ3) is 2.81. The number of hydrogen-bond acceptors (Lipinski definition) is 5. The fourth-order valence-corrected chi connectivity index (χ4v) is 3.42. The summed E-state index contributed by atoms with van der Waals surface area (Å²) >= 11 is 1.51. The molecule has 1 N–H and O–H groups in total. The van der Waals surface area contributed by atoms with Gasteiger partial charge < -0.3 is 10.2 Å². The largest absolute Gasteiger partial charge is 0.349 e. The number of carbonyl (C=O) groups is 1. The summed E-state index contributed by atoms with van der Waals surface area (Å²) in [5.41, 5.74) is 1.32. The molecule has 20 heavy (non-hydrogen) atoms. The van der Waals surface area contributed by atoms with Crippen LogP contribution < -0.4 is 5.32 Å². The van der Waals surface area contributed by atoms with E-state index < -0.39 is 0 Å². The van der Waals surface area contributed by atoms with Crippen molar-refractivity contribution < 1.29 is 4.79 Å². The molecule has 0 aromatic carbocycles. The van der Waals surface area contributed by atoms with Crippen molar-refractivity contribution in [1.82, 2.24) is 20.2 Å². The van der Waals surface area contributed by atoms with Crippen molar-refractivity contribution in [2.45, 2.75) is 13.3 Å². The van der Waals surface area contributed by atoms with Gasteiger partial charge in [0.05, 0.1) is 10.2 Å². The molecule has 5 nitrogen and oxygen atoms in total. The van der Waals surface area contributed by atoms with Gasteiger partial charge in [-0.05, 0) is 30.3 Å². The second-order valence-electron chi connectivity index (χ2n) is 5.31. The van der Waals surface area contributed by atoms with E-state index in [2.05, 4.69) is 27.1 Å². The molecule has 1 aliphatic heterocycles. The number of fused-ring (bicyclic) bond motifs is 1. The Morgan fingerprint density at radius 2 is 2.45 bits per heavy atom. The van der Waals surface area contributed by atoms with Crippen molar-refractivity contribution in [1.29, 1.82) is 0 Å². The highest BCUT2D eigenvalue weighted by atomic mass is 32.1. The summed E-state index contributed by atoms with van der Waals surface area (Å²) in [6.07, 6.45) is 2.71. The van der Waals surface area contributed by atoms with Crippen molar-refractivity contribution >= 4 is 27.5 Å². The molecule has 1 atom stereocenters. The highest BCUT2D eigenvalue weighted by molar-refractivity contribution is 7.17. The maximum atomic E-state index is 12.2. The van der Waals surface area contributed by atoms with Gasteiger partial charge in [0, 0.05) is 19.6 Å². The monoisotopic (exact) mass is 290 g/mol. The average molecular weight is 290 g/mol. The molecule has 1 saturated heterocycles. The van der Waals surface area contributed by atoms with Crippen LogP contribution in [-0.2, 0) is 0 Å². The van der Waals surface area contributed by atoms with E-state index in [4.69, 9.17) is 0 Å². The lowest BCUT2D eigenvalue weighted by Crippen LogP contribution is -2.34. The number of aromatic nitrogens is 2. The molecule has 1 aliphatic rings. The summed E-state index contributed by atoms with van der Waals surface area (Å²) < 4.78 is 0.861. The molecule has 0 saturated carbocycles. The predicted molar refractivity (Wildman–Crippen MR) is 80.0 cm³/mol. The molecule has 0 bridgehead atoms. The average Bonchev–Trinajstić information content (AvgIpc) is 3.06. The second kappa shape index (κ2) is 5.85. The normalized spacial score (nSPS) is 19.6. The quantitative estimate of drug-likeness (QED) is 0.932. The topological polar surface area (TPSA) is 58.1 Å². The lowest BCUT2D eigenvalue weighted by atomic mass is 10.2. The van der Waals surface area contributed by atoms with Gasteiger partial charge in [0.15, 0.2) is 0 Å². The maximum absolute atomic E-state index is 12.2. The van der Waals surface area contributed by atoms with Crippen molar-refractivity contribution in [3.05, 3.63) is 23.5 Å². The highest BCUT2D eigenvalue weighted by Gasteiger charge is 2.18. The summed E-state index contributed by atoms with van der Waals surface area (Å²) in [7, 11) is 0. The van der Waals surface area contributed by atoms with Crippen molar-refractivity contribution in [3.63, 3.8) is 0 Å². The molecule has 2 aromatic heterocycles. The third-order valence-corrected chi connectivity index (χ3v) is 4.59. The predicted octanol–water partition coefficient (Wildman–Crippen LogP) is 1.76. The standard InChI is InChI=1S/C14H18N4OS/c1-10-2-5-18(8-10)6-4-15-14(19)12-13-11(3-7-20-13)16-9-17-12/h3,7,9-10H,2,4-6,8H2,1H3,(H,15,19). The van der Waals surface area contributed by atoms with E-state index in [1.54, 1.807) is 0 Å². The van der Waals surface area contributed by atoms with E-state index >= 15 is 0 Å². The number of thiophene rings is 1. The molecule has 2 aromatic rings. The number of carbonyl (C=O) groups excluding carboxylic acids is 1. The lowest BCUT2D eigenvalue weighted by Gasteiger charge is -2.15. The summed E-state index contributed by atoms with van der Waals surface area (Å²) in [6, 6.07) is 1.91. The Balaban J connectivity index is 1.58. The summed E-state index contributed by atoms with van der Waals surface area (Å²) in [5, 5.41) is 4.89. The minimum absolute atomic E-state index is 0.105. The third-order valence-electron chi connectivity index (χ3n) is 3.68. The summed E-state index contributed by atoms with van der Waals surface area (Å²) in [4.78, 5) is 22.8. The van der Waals surface area contributed by atoms with Gasteiger partial charge >= 0.3 is 0 Å². The molecular weight excluding hydrogens is 272 g/mol. The van der Waals surface area contributed by atoms with E-state index in [1.165, 1.54) is 24.1 Å². The molecule has 0 radical (unpaired) electrons. The number of hydrogen-bond donors (Lipinski definition) is 1. The Morgan fingerprint density at radius 3 is 3.25 bits per heavy atom. The van der Waals surface area contributed by atoms with Crippen molar-refractivity contribution in [2.24, 2.45) is 5.92 Å². The highest BCUT2D eigenvalue weighted by Crippen LogP contribution is 2.20. The van der Waals surface area contributed by atoms with Crippen LogP contribution in [0.5, 0.6) is 0 Å². The fraction of sp³-hybridized carbons (Fsp3) is 0.500. The van der Waals surface area contributed by atoms with Crippen LogP contribution in [0.2, 0.25) is 0 Å². The smallest absolute Gasteiger partial charge is 0.271 e. The summed E-state index contributed by atoms with van der Waals surface area (Å²) in [5.74, 6) is 0.672. The molecule has 6 heteroatoms. The lowest BCUT2D eigenvalue weighted by molar-refractivity contribution is 0.0946. The zero-order chi connectivity index (χ0) is 13.9. The Morgan fingerprint density at radius 1 is 1.55 bits per heavy atom. The minimum atomic E-state index is -0.105. The Hall–Kier alpha value is -1.53.